The van der Waals surface area contributed by atoms with E-state index >= 15 is 0 Å². The van der Waals surface area contributed by atoms with E-state index in [0.29, 0.717) is 0 Å². The Morgan fingerprint density at radius 3 is 2.35 bits per heavy atom. The van der Waals surface area contributed by atoms with Crippen LogP contribution in [0.1, 0.15) is 5.56 Å². The van der Waals surface area contributed by atoms with Crippen LogP contribution in [0.25, 0.3) is 0 Å². The highest BCUT2D eigenvalue weighted by molar-refractivity contribution is 5.75. The molecular weight excluding hydrogens is 268 g/mol. The van der Waals surface area contributed by atoms with E-state index in [0.717, 1.165) is 5.56 Å². The third kappa shape index (κ3) is 3.14. The highest BCUT2D eigenvalue weighted by Crippen LogP contribution is 2.21. The van der Waals surface area contributed by atoms with E-state index in [9.17, 15) is 25.2 Å². The summed E-state index contributed by atoms with van der Waals surface area (Å²) in [6.07, 6.45) is -8.34. The predicted molar refractivity (Wildman–Crippen MR) is 65.1 cm³/mol. The number of carbonyl (C=O) groups excluding carboxylic acids is 1. The van der Waals surface area contributed by atoms with Crippen molar-refractivity contribution in [2.24, 2.45) is 0 Å². The Bertz CT molecular complexity index is 449. The van der Waals surface area contributed by atoms with Crippen LogP contribution in [0.3, 0.4) is 0 Å². The number of benzene rings is 1. The van der Waals surface area contributed by atoms with Crippen LogP contribution in [-0.2, 0) is 20.9 Å². The highest BCUT2D eigenvalue weighted by atomic mass is 16.7. The molecule has 0 aliphatic carbocycles. The molecule has 1 aromatic rings. The zero-order valence-electron chi connectivity index (χ0n) is 10.5. The van der Waals surface area contributed by atoms with Crippen molar-refractivity contribution in [2.45, 2.75) is 37.3 Å². The monoisotopic (exact) mass is 284 g/mol. The molecule has 0 bridgehead atoms. The summed E-state index contributed by atoms with van der Waals surface area (Å²) in [7, 11) is 0. The zero-order valence-corrected chi connectivity index (χ0v) is 10.5. The summed E-state index contributed by atoms with van der Waals surface area (Å²) in [6, 6.07) is 8.86. The van der Waals surface area contributed by atoms with Crippen molar-refractivity contribution in [3.05, 3.63) is 35.9 Å². The van der Waals surface area contributed by atoms with E-state index in [1.54, 1.807) is 24.3 Å². The van der Waals surface area contributed by atoms with Gasteiger partial charge in [0.05, 0.1) is 0 Å². The molecule has 1 saturated heterocycles. The lowest BCUT2D eigenvalue weighted by molar-refractivity contribution is -0.281. The lowest BCUT2D eigenvalue weighted by Gasteiger charge is -2.36. The quantitative estimate of drug-likeness (QED) is 0.501. The number of aliphatic hydroxyl groups is 4. The molecule has 4 N–H and O–H groups in total. The third-order valence-electron chi connectivity index (χ3n) is 3.04. The number of aliphatic hydroxyl groups excluding tert-OH is 4. The number of hydrogen-bond donors (Lipinski definition) is 4. The summed E-state index contributed by atoms with van der Waals surface area (Å²) in [5.74, 6) is -0.925. The van der Waals surface area contributed by atoms with Crippen molar-refractivity contribution in [2.75, 3.05) is 0 Å². The Morgan fingerprint density at radius 1 is 1.05 bits per heavy atom. The van der Waals surface area contributed by atoms with Crippen LogP contribution in [0.4, 0.5) is 0 Å². The maximum absolute atomic E-state index is 11.8. The lowest BCUT2D eigenvalue weighted by Crippen LogP contribution is -2.59. The van der Waals surface area contributed by atoms with Crippen molar-refractivity contribution < 1.29 is 34.7 Å². The molecule has 7 nitrogen and oxygen atoms in total. The van der Waals surface area contributed by atoms with Crippen LogP contribution in [0, 0.1) is 0 Å². The minimum atomic E-state index is -1.76. The average molecular weight is 284 g/mol. The van der Waals surface area contributed by atoms with Gasteiger partial charge in [0.15, 0.2) is 12.4 Å². The zero-order chi connectivity index (χ0) is 14.7. The minimum absolute atomic E-state index is 0.0268. The fourth-order valence-electron chi connectivity index (χ4n) is 1.87. The van der Waals surface area contributed by atoms with Gasteiger partial charge in [-0.1, -0.05) is 30.3 Å². The van der Waals surface area contributed by atoms with E-state index in [-0.39, 0.29) is 6.61 Å². The molecule has 20 heavy (non-hydrogen) atoms. The molecule has 3 unspecified atom stereocenters. The smallest absolute Gasteiger partial charge is 0.338 e. The number of ether oxygens (including phenoxy) is 2. The second-order valence-corrected chi connectivity index (χ2v) is 4.51. The van der Waals surface area contributed by atoms with Crippen LogP contribution < -0.4 is 0 Å². The van der Waals surface area contributed by atoms with Gasteiger partial charge >= 0.3 is 5.97 Å². The summed E-state index contributed by atoms with van der Waals surface area (Å²) < 4.78 is 9.69. The molecule has 110 valence electrons. The number of carbonyl (C=O) groups is 1. The number of esters is 1. The molecule has 0 saturated carbocycles. The molecular formula is C13H16O7. The van der Waals surface area contributed by atoms with Gasteiger partial charge in [-0.3, -0.25) is 0 Å². The first kappa shape index (κ1) is 14.9. The molecule has 2 rings (SSSR count). The molecule has 7 heteroatoms. The van der Waals surface area contributed by atoms with Crippen molar-refractivity contribution in [1.29, 1.82) is 0 Å². The van der Waals surface area contributed by atoms with Gasteiger partial charge in [-0.15, -0.1) is 0 Å². The number of rotatable bonds is 3. The molecule has 0 radical (unpaired) electrons. The fourth-order valence-corrected chi connectivity index (χ4v) is 1.87. The standard InChI is InChI=1S/C13H16O7/c14-8-9(15)11(20-12(17)10(8)16)13(18)19-6-7-4-2-1-3-5-7/h1-5,8-12,14-17H,6H2/t8?,9-,10-,11?,12?/m0/s1. The summed E-state index contributed by atoms with van der Waals surface area (Å²) >= 11 is 0. The van der Waals surface area contributed by atoms with Crippen molar-refractivity contribution >= 4 is 5.97 Å². The molecule has 1 aliphatic rings. The Kier molecular flexibility index (Phi) is 4.69. The van der Waals surface area contributed by atoms with Gasteiger partial charge < -0.3 is 29.9 Å². The van der Waals surface area contributed by atoms with E-state index in [1.165, 1.54) is 0 Å². The minimum Gasteiger partial charge on any atom is -0.459 e. The normalized spacial score (nSPS) is 33.7. The van der Waals surface area contributed by atoms with Crippen LogP contribution in [-0.4, -0.2) is 57.1 Å². The SMILES string of the molecule is O=C(OCc1ccccc1)C1OC(O)[C@@H](O)C(O)[C@@H]1O. The highest BCUT2D eigenvalue weighted by Gasteiger charge is 2.46. The van der Waals surface area contributed by atoms with Gasteiger partial charge in [0, 0.05) is 0 Å². The van der Waals surface area contributed by atoms with E-state index in [1.807, 2.05) is 6.07 Å². The second kappa shape index (κ2) is 6.29. The maximum Gasteiger partial charge on any atom is 0.338 e. The Morgan fingerprint density at radius 2 is 1.70 bits per heavy atom. The van der Waals surface area contributed by atoms with Crippen molar-refractivity contribution in [3.63, 3.8) is 0 Å². The van der Waals surface area contributed by atoms with Crippen LogP contribution >= 0.6 is 0 Å². The molecule has 1 heterocycles. The van der Waals surface area contributed by atoms with Gasteiger partial charge in [-0.25, -0.2) is 4.79 Å². The van der Waals surface area contributed by atoms with E-state index in [2.05, 4.69) is 0 Å². The maximum atomic E-state index is 11.8. The van der Waals surface area contributed by atoms with Crippen molar-refractivity contribution in [1.82, 2.24) is 0 Å². The summed E-state index contributed by atoms with van der Waals surface area (Å²) in [5, 5.41) is 37.7. The molecule has 1 aromatic carbocycles. The molecule has 5 atom stereocenters. The Hall–Kier alpha value is -1.51. The summed E-state index contributed by atoms with van der Waals surface area (Å²) in [5.41, 5.74) is 0.743. The third-order valence-corrected chi connectivity index (χ3v) is 3.04. The second-order valence-electron chi connectivity index (χ2n) is 4.51. The summed E-state index contributed by atoms with van der Waals surface area (Å²) in [6.45, 7) is -0.0268. The van der Waals surface area contributed by atoms with Gasteiger partial charge in [0.1, 0.15) is 24.9 Å². The van der Waals surface area contributed by atoms with Crippen molar-refractivity contribution in [3.8, 4) is 0 Å². The topological polar surface area (TPSA) is 116 Å². The largest absolute Gasteiger partial charge is 0.459 e. The van der Waals surface area contributed by atoms with Crippen LogP contribution in [0.5, 0.6) is 0 Å². The van der Waals surface area contributed by atoms with E-state index < -0.39 is 36.7 Å². The van der Waals surface area contributed by atoms with Crippen LogP contribution in [0.15, 0.2) is 30.3 Å². The predicted octanol–water partition coefficient (Wildman–Crippen LogP) is -1.47. The Labute approximate surface area is 115 Å². The number of hydrogen-bond acceptors (Lipinski definition) is 7. The Balaban J connectivity index is 1.95. The molecule has 0 spiro atoms. The first-order valence-electron chi connectivity index (χ1n) is 6.09. The molecule has 1 aliphatic heterocycles. The fraction of sp³-hybridized carbons (Fsp3) is 0.462. The molecule has 1 fully saturated rings. The van der Waals surface area contributed by atoms with E-state index in [4.69, 9.17) is 9.47 Å². The molecule has 0 amide bonds. The summed E-state index contributed by atoms with van der Waals surface area (Å²) in [4.78, 5) is 11.8. The van der Waals surface area contributed by atoms with Gasteiger partial charge in [-0.2, -0.15) is 0 Å². The van der Waals surface area contributed by atoms with Gasteiger partial charge in [0.2, 0.25) is 0 Å². The first-order chi connectivity index (χ1) is 9.50. The lowest BCUT2D eigenvalue weighted by atomic mass is 9.99. The van der Waals surface area contributed by atoms with Gasteiger partial charge in [0.25, 0.3) is 0 Å². The molecule has 0 aromatic heterocycles. The van der Waals surface area contributed by atoms with Gasteiger partial charge in [-0.05, 0) is 5.56 Å². The first-order valence-corrected chi connectivity index (χ1v) is 6.09. The average Bonchev–Trinajstić information content (AvgIpc) is 2.47. The van der Waals surface area contributed by atoms with Crippen LogP contribution in [0.2, 0.25) is 0 Å².